The number of rotatable bonds is 5. The zero-order chi connectivity index (χ0) is 15.8. The molecule has 0 radical (unpaired) electrons. The van der Waals surface area contributed by atoms with Gasteiger partial charge in [0.25, 0.3) is 0 Å². The first-order chi connectivity index (χ1) is 10.1. The maximum Gasteiger partial charge on any atom is 0.223 e. The Bertz CT molecular complexity index is 456. The van der Waals surface area contributed by atoms with Gasteiger partial charge in [0.15, 0.2) is 0 Å². The maximum atomic E-state index is 4.58. The van der Waals surface area contributed by atoms with Crippen molar-refractivity contribution in [3.05, 3.63) is 24.2 Å². The number of aromatic nitrogens is 2. The van der Waals surface area contributed by atoms with Gasteiger partial charge in [0.1, 0.15) is 0 Å². The molecular formula is C16H29N5. The molecule has 1 aromatic rings. The van der Waals surface area contributed by atoms with Crippen LogP contribution in [0.5, 0.6) is 0 Å². The summed E-state index contributed by atoms with van der Waals surface area (Å²) in [4.78, 5) is 8.82. The summed E-state index contributed by atoms with van der Waals surface area (Å²) >= 11 is 0. The lowest BCUT2D eigenvalue weighted by molar-refractivity contribution is 0.230. The molecule has 1 unspecified atom stereocenters. The van der Waals surface area contributed by atoms with E-state index in [0.717, 1.165) is 18.7 Å². The molecule has 0 bridgehead atoms. The van der Waals surface area contributed by atoms with Crippen LogP contribution in [0.15, 0.2) is 18.5 Å². The Labute approximate surface area is 128 Å². The molecule has 5 nitrogen and oxygen atoms in total. The molecule has 21 heavy (non-hydrogen) atoms. The predicted molar refractivity (Wildman–Crippen MR) is 89.7 cm³/mol. The van der Waals surface area contributed by atoms with Crippen molar-refractivity contribution in [3.63, 3.8) is 0 Å². The van der Waals surface area contributed by atoms with Crippen molar-refractivity contribution in [2.75, 3.05) is 11.9 Å². The highest BCUT2D eigenvalue weighted by Gasteiger charge is 2.23. The molecule has 0 amide bonds. The number of nitrogens with one attached hydrogen (secondary N) is 2. The molecule has 0 saturated heterocycles. The first kappa shape index (κ1) is 17.4. The second-order valence-corrected chi connectivity index (χ2v) is 5.13. The molecule has 118 valence electrons. The minimum Gasteiger partial charge on any atom is -0.354 e. The zero-order valence-corrected chi connectivity index (χ0v) is 14.1. The summed E-state index contributed by atoms with van der Waals surface area (Å²) in [6.45, 7) is 13.5. The molecule has 0 aromatic carbocycles. The summed E-state index contributed by atoms with van der Waals surface area (Å²) in [6, 6.07) is 2.67. The Morgan fingerprint density at radius 1 is 1.38 bits per heavy atom. The van der Waals surface area contributed by atoms with Crippen LogP contribution < -0.4 is 10.7 Å². The summed E-state index contributed by atoms with van der Waals surface area (Å²) < 4.78 is 0. The molecule has 0 fully saturated rings. The van der Waals surface area contributed by atoms with E-state index in [1.165, 1.54) is 5.57 Å². The van der Waals surface area contributed by atoms with Crippen molar-refractivity contribution < 1.29 is 0 Å². The third-order valence-corrected chi connectivity index (χ3v) is 3.13. The highest BCUT2D eigenvalue weighted by atomic mass is 15.5. The number of nitrogens with zero attached hydrogens (tertiary/aromatic N) is 3. The monoisotopic (exact) mass is 291 g/mol. The van der Waals surface area contributed by atoms with Crippen LogP contribution in [0.4, 0.5) is 5.95 Å². The first-order valence-electron chi connectivity index (χ1n) is 7.95. The van der Waals surface area contributed by atoms with Crippen LogP contribution >= 0.6 is 0 Å². The lowest BCUT2D eigenvalue weighted by Gasteiger charge is -2.21. The Hall–Kier alpha value is -1.62. The number of hydrazine groups is 1. The fourth-order valence-electron chi connectivity index (χ4n) is 2.02. The Morgan fingerprint density at radius 3 is 2.67 bits per heavy atom. The molecule has 0 saturated carbocycles. The summed E-state index contributed by atoms with van der Waals surface area (Å²) in [5, 5.41) is 5.35. The molecule has 1 atom stereocenters. The number of anilines is 1. The predicted octanol–water partition coefficient (Wildman–Crippen LogP) is 3.28. The van der Waals surface area contributed by atoms with Gasteiger partial charge in [-0.3, -0.25) is 0 Å². The van der Waals surface area contributed by atoms with Crippen LogP contribution in [0.2, 0.25) is 0 Å². The first-order valence-corrected chi connectivity index (χ1v) is 7.95. The van der Waals surface area contributed by atoms with Crippen molar-refractivity contribution in [2.45, 2.75) is 60.0 Å². The molecule has 1 aliphatic heterocycles. The molecule has 2 N–H and O–H groups in total. The third-order valence-electron chi connectivity index (χ3n) is 3.13. The largest absolute Gasteiger partial charge is 0.354 e. The molecular weight excluding hydrogens is 262 g/mol. The number of hydrogen-bond donors (Lipinski definition) is 2. The lowest BCUT2D eigenvalue weighted by atomic mass is 10.1. The van der Waals surface area contributed by atoms with Crippen LogP contribution in [0.25, 0.3) is 5.57 Å². The van der Waals surface area contributed by atoms with Crippen LogP contribution in [0.3, 0.4) is 0 Å². The van der Waals surface area contributed by atoms with E-state index in [-0.39, 0.29) is 6.04 Å². The van der Waals surface area contributed by atoms with E-state index in [9.17, 15) is 0 Å². The van der Waals surface area contributed by atoms with Crippen molar-refractivity contribution in [1.29, 1.82) is 0 Å². The minimum atomic E-state index is 0.274. The van der Waals surface area contributed by atoms with Gasteiger partial charge in [0.2, 0.25) is 5.95 Å². The van der Waals surface area contributed by atoms with Gasteiger partial charge in [-0.05, 0) is 33.3 Å². The zero-order valence-electron chi connectivity index (χ0n) is 14.1. The second-order valence-electron chi connectivity index (χ2n) is 5.13. The molecule has 0 spiro atoms. The van der Waals surface area contributed by atoms with E-state index >= 15 is 0 Å². The van der Waals surface area contributed by atoms with E-state index in [2.05, 4.69) is 59.6 Å². The van der Waals surface area contributed by atoms with Crippen molar-refractivity contribution >= 4 is 11.5 Å². The third kappa shape index (κ3) is 4.70. The molecule has 5 heteroatoms. The van der Waals surface area contributed by atoms with Crippen LogP contribution in [-0.2, 0) is 0 Å². The highest BCUT2D eigenvalue weighted by Crippen LogP contribution is 2.23. The van der Waals surface area contributed by atoms with E-state index in [4.69, 9.17) is 0 Å². The van der Waals surface area contributed by atoms with E-state index < -0.39 is 0 Å². The SMILES string of the molecule is CC.CCCNc1nccc(C2=CN(C(C)C)NC2C)n1. The van der Waals surface area contributed by atoms with Gasteiger partial charge >= 0.3 is 0 Å². The van der Waals surface area contributed by atoms with E-state index in [1.54, 1.807) is 0 Å². The van der Waals surface area contributed by atoms with Gasteiger partial charge < -0.3 is 10.3 Å². The van der Waals surface area contributed by atoms with Gasteiger partial charge in [-0.25, -0.2) is 15.4 Å². The van der Waals surface area contributed by atoms with Crippen molar-refractivity contribution in [1.82, 2.24) is 20.4 Å². The average Bonchev–Trinajstić information content (AvgIpc) is 2.90. The quantitative estimate of drug-likeness (QED) is 0.872. The van der Waals surface area contributed by atoms with E-state index in [0.29, 0.717) is 12.0 Å². The maximum absolute atomic E-state index is 4.58. The summed E-state index contributed by atoms with van der Waals surface area (Å²) in [6.07, 6.45) is 5.02. The van der Waals surface area contributed by atoms with Crippen LogP contribution in [0.1, 0.15) is 53.7 Å². The van der Waals surface area contributed by atoms with Gasteiger partial charge in [0, 0.05) is 30.6 Å². The Morgan fingerprint density at radius 2 is 2.10 bits per heavy atom. The molecule has 1 aromatic heterocycles. The Kier molecular flexibility index (Phi) is 7.15. The average molecular weight is 291 g/mol. The van der Waals surface area contributed by atoms with Crippen LogP contribution in [-0.4, -0.2) is 33.6 Å². The normalized spacial score (nSPS) is 17.4. The molecule has 2 heterocycles. The molecule has 2 rings (SSSR count). The topological polar surface area (TPSA) is 53.1 Å². The van der Waals surface area contributed by atoms with Gasteiger partial charge in [-0.1, -0.05) is 20.8 Å². The summed E-state index contributed by atoms with van der Waals surface area (Å²) in [5.41, 5.74) is 5.61. The van der Waals surface area contributed by atoms with E-state index in [1.807, 2.05) is 26.1 Å². The minimum absolute atomic E-state index is 0.274. The van der Waals surface area contributed by atoms with Gasteiger partial charge in [-0.2, -0.15) is 0 Å². The fraction of sp³-hybridized carbons (Fsp3) is 0.625. The smallest absolute Gasteiger partial charge is 0.223 e. The lowest BCUT2D eigenvalue weighted by Crippen LogP contribution is -2.38. The molecule has 0 aliphatic carbocycles. The number of hydrogen-bond acceptors (Lipinski definition) is 5. The Balaban J connectivity index is 0.00000106. The van der Waals surface area contributed by atoms with Gasteiger partial charge in [0.05, 0.1) is 11.7 Å². The van der Waals surface area contributed by atoms with Gasteiger partial charge in [-0.15, -0.1) is 0 Å². The summed E-state index contributed by atoms with van der Waals surface area (Å²) in [5.74, 6) is 0.704. The fourth-order valence-corrected chi connectivity index (χ4v) is 2.02. The highest BCUT2D eigenvalue weighted by molar-refractivity contribution is 5.68. The molecule has 1 aliphatic rings. The summed E-state index contributed by atoms with van der Waals surface area (Å²) in [7, 11) is 0. The van der Waals surface area contributed by atoms with Crippen molar-refractivity contribution in [3.8, 4) is 0 Å². The standard InChI is InChI=1S/C14H23N5.C2H6/c1-5-7-15-14-16-8-6-13(17-14)12-9-19(10(2)3)18-11(12)4;1-2/h6,8-11,18H,5,7H2,1-4H3,(H,15,16,17);1-2H3. The van der Waals surface area contributed by atoms with Crippen molar-refractivity contribution in [2.24, 2.45) is 0 Å². The second kappa shape index (κ2) is 8.62. The van der Waals surface area contributed by atoms with Crippen LogP contribution in [0, 0.1) is 0 Å².